The zero-order valence-corrected chi connectivity index (χ0v) is 18.8. The smallest absolute Gasteiger partial charge is 0.203 e. The Bertz CT molecular complexity index is 1050. The van der Waals surface area contributed by atoms with E-state index >= 15 is 0 Å². The number of hydrogen-bond acceptors (Lipinski definition) is 4. The fourth-order valence-corrected chi connectivity index (χ4v) is 4.42. The molecule has 158 valence electrons. The van der Waals surface area contributed by atoms with Crippen LogP contribution in [0.2, 0.25) is 0 Å². The van der Waals surface area contributed by atoms with Crippen molar-refractivity contribution >= 4 is 17.9 Å². The van der Waals surface area contributed by atoms with Gasteiger partial charge in [-0.3, -0.25) is 0 Å². The monoisotopic (exact) mass is 424 g/mol. The van der Waals surface area contributed by atoms with Crippen molar-refractivity contribution in [2.75, 3.05) is 38.2 Å². The summed E-state index contributed by atoms with van der Waals surface area (Å²) in [6, 6.07) is 16.7. The van der Waals surface area contributed by atoms with Crippen LogP contribution in [-0.4, -0.2) is 47.6 Å². The number of anilines is 1. The number of rotatable bonds is 6. The Morgan fingerprint density at radius 3 is 2.40 bits per heavy atom. The van der Waals surface area contributed by atoms with E-state index in [0.717, 1.165) is 61.3 Å². The summed E-state index contributed by atoms with van der Waals surface area (Å²) in [5.41, 5.74) is 3.63. The first-order chi connectivity index (χ1) is 14.6. The number of aryl methyl sites for hydroxylation is 1. The lowest BCUT2D eigenvalue weighted by atomic mass is 10.1. The van der Waals surface area contributed by atoms with Gasteiger partial charge in [0.25, 0.3) is 0 Å². The summed E-state index contributed by atoms with van der Waals surface area (Å²) >= 11 is 5.77. The van der Waals surface area contributed by atoms with E-state index in [1.54, 1.807) is 7.11 Å². The third-order valence-corrected chi connectivity index (χ3v) is 6.34. The van der Waals surface area contributed by atoms with Gasteiger partial charge in [-0.25, -0.2) is 0 Å². The summed E-state index contributed by atoms with van der Waals surface area (Å²) in [6.45, 7) is 10.1. The maximum absolute atomic E-state index is 5.77. The van der Waals surface area contributed by atoms with Crippen LogP contribution in [0.25, 0.3) is 11.4 Å². The minimum Gasteiger partial charge on any atom is -0.497 e. The topological polar surface area (TPSA) is 39.7 Å². The van der Waals surface area contributed by atoms with Gasteiger partial charge in [0.1, 0.15) is 5.75 Å². The Hall–Kier alpha value is -2.64. The van der Waals surface area contributed by atoms with Crippen molar-refractivity contribution in [2.45, 2.75) is 27.1 Å². The fourth-order valence-electron chi connectivity index (χ4n) is 4.10. The average molecular weight is 425 g/mol. The Morgan fingerprint density at radius 2 is 1.77 bits per heavy atom. The van der Waals surface area contributed by atoms with Gasteiger partial charge in [0.05, 0.1) is 33.3 Å². The first-order valence-corrected chi connectivity index (χ1v) is 11.0. The van der Waals surface area contributed by atoms with Gasteiger partial charge >= 0.3 is 0 Å². The summed E-state index contributed by atoms with van der Waals surface area (Å²) in [5, 5.41) is 4.93. The highest BCUT2D eigenvalue weighted by molar-refractivity contribution is 7.71. The van der Waals surface area contributed by atoms with Crippen LogP contribution in [-0.2, 0) is 13.2 Å². The Balaban J connectivity index is 1.46. The number of methoxy groups -OCH3 is 1. The second kappa shape index (κ2) is 9.02. The van der Waals surface area contributed by atoms with Crippen LogP contribution in [0.15, 0.2) is 48.5 Å². The summed E-state index contributed by atoms with van der Waals surface area (Å²) in [5.74, 6) is 1.87. The largest absolute Gasteiger partial charge is 0.497 e. The molecule has 4 rings (SSSR count). The molecule has 1 aromatic heterocycles. The van der Waals surface area contributed by atoms with Crippen LogP contribution < -0.4 is 14.5 Å². The molecule has 0 radical (unpaired) electrons. The molecule has 0 spiro atoms. The van der Waals surface area contributed by atoms with Crippen molar-refractivity contribution in [3.05, 3.63) is 58.9 Å². The van der Waals surface area contributed by atoms with Gasteiger partial charge in [-0.15, -0.1) is 5.10 Å². The van der Waals surface area contributed by atoms with E-state index < -0.39 is 0 Å². The first kappa shape index (κ1) is 20.6. The predicted octanol–water partition coefficient (Wildman–Crippen LogP) is 2.78. The van der Waals surface area contributed by atoms with Gasteiger partial charge in [-0.1, -0.05) is 24.3 Å². The highest BCUT2D eigenvalue weighted by Crippen LogP contribution is 2.22. The van der Waals surface area contributed by atoms with E-state index in [0.29, 0.717) is 0 Å². The van der Waals surface area contributed by atoms with Crippen molar-refractivity contribution in [3.63, 3.8) is 0 Å². The van der Waals surface area contributed by atoms with E-state index in [1.165, 1.54) is 16.2 Å². The zero-order valence-electron chi connectivity index (χ0n) is 18.0. The molecular formula is C23H30N5OS+. The van der Waals surface area contributed by atoms with Crippen LogP contribution in [0.4, 0.5) is 5.69 Å². The lowest BCUT2D eigenvalue weighted by molar-refractivity contribution is -0.924. The first-order valence-electron chi connectivity index (χ1n) is 10.6. The summed E-state index contributed by atoms with van der Waals surface area (Å²) < 4.78 is 10.2. The molecule has 0 amide bonds. The molecular weight excluding hydrogens is 394 g/mol. The standard InChI is InChI=1S/C23H29N5OS/c1-4-27-22(21-8-6-5-7-18(21)2)24-28(23(27)30)17-25-13-15-26(16-14-25)19-9-11-20(29-3)12-10-19/h5-12H,4,13-17H2,1-3H3/p+1. The highest BCUT2D eigenvalue weighted by atomic mass is 32.1. The number of nitrogens with zero attached hydrogens (tertiary/aromatic N) is 4. The molecule has 7 heteroatoms. The van der Waals surface area contributed by atoms with Crippen LogP contribution in [0.3, 0.4) is 0 Å². The number of quaternary nitrogens is 1. The van der Waals surface area contributed by atoms with E-state index in [-0.39, 0.29) is 0 Å². The van der Waals surface area contributed by atoms with Crippen LogP contribution in [0, 0.1) is 11.7 Å². The quantitative estimate of drug-likeness (QED) is 0.618. The fraction of sp³-hybridized carbons (Fsp3) is 0.391. The molecule has 6 nitrogen and oxygen atoms in total. The Labute approximate surface area is 183 Å². The molecule has 1 N–H and O–H groups in total. The molecule has 3 aromatic rings. The molecule has 30 heavy (non-hydrogen) atoms. The van der Waals surface area contributed by atoms with Crippen molar-refractivity contribution in [3.8, 4) is 17.1 Å². The van der Waals surface area contributed by atoms with Crippen molar-refractivity contribution < 1.29 is 9.64 Å². The van der Waals surface area contributed by atoms with Crippen LogP contribution >= 0.6 is 12.2 Å². The third kappa shape index (κ3) is 4.13. The number of hydrogen-bond donors (Lipinski definition) is 1. The normalized spacial score (nSPS) is 14.8. The number of ether oxygens (including phenoxy) is 1. The second-order valence-corrected chi connectivity index (χ2v) is 8.12. The van der Waals surface area contributed by atoms with Crippen molar-refractivity contribution in [1.29, 1.82) is 0 Å². The van der Waals surface area contributed by atoms with E-state index in [2.05, 4.69) is 59.7 Å². The summed E-state index contributed by atoms with van der Waals surface area (Å²) in [6.07, 6.45) is 0. The van der Waals surface area contributed by atoms with E-state index in [1.807, 2.05) is 16.8 Å². The second-order valence-electron chi connectivity index (χ2n) is 7.76. The molecule has 0 bridgehead atoms. The molecule has 0 atom stereocenters. The minimum atomic E-state index is 0.806. The van der Waals surface area contributed by atoms with E-state index in [9.17, 15) is 0 Å². The highest BCUT2D eigenvalue weighted by Gasteiger charge is 2.22. The van der Waals surface area contributed by atoms with Gasteiger partial charge in [-0.2, -0.15) is 4.68 Å². The van der Waals surface area contributed by atoms with E-state index in [4.69, 9.17) is 22.1 Å². The maximum Gasteiger partial charge on any atom is 0.203 e. The van der Waals surface area contributed by atoms with Crippen LogP contribution in [0.1, 0.15) is 12.5 Å². The average Bonchev–Trinajstić information content (AvgIpc) is 3.09. The van der Waals surface area contributed by atoms with Crippen molar-refractivity contribution in [2.24, 2.45) is 0 Å². The van der Waals surface area contributed by atoms with Gasteiger partial charge in [0, 0.05) is 17.8 Å². The SMILES string of the molecule is CCn1c(-c2ccccc2C)nn(C[NH+]2CCN(c3ccc(OC)cc3)CC2)c1=S. The molecule has 0 aliphatic carbocycles. The zero-order chi connectivity index (χ0) is 21.1. The predicted molar refractivity (Wildman–Crippen MR) is 123 cm³/mol. The van der Waals surface area contributed by atoms with Gasteiger partial charge in [0.15, 0.2) is 12.5 Å². The lowest BCUT2D eigenvalue weighted by Crippen LogP contribution is -3.14. The number of nitrogens with one attached hydrogen (secondary N) is 1. The van der Waals surface area contributed by atoms with Gasteiger partial charge in [0.2, 0.25) is 4.77 Å². The van der Waals surface area contributed by atoms with Crippen molar-refractivity contribution in [1.82, 2.24) is 14.3 Å². The molecule has 0 unspecified atom stereocenters. The molecule has 0 saturated carbocycles. The lowest BCUT2D eigenvalue weighted by Gasteiger charge is -2.33. The minimum absolute atomic E-state index is 0.806. The summed E-state index contributed by atoms with van der Waals surface area (Å²) in [4.78, 5) is 3.94. The number of aromatic nitrogens is 3. The Kier molecular flexibility index (Phi) is 6.20. The molecule has 1 aliphatic rings. The molecule has 1 aliphatic heterocycles. The van der Waals surface area contributed by atoms with Crippen LogP contribution in [0.5, 0.6) is 5.75 Å². The number of piperazine rings is 1. The molecule has 2 aromatic carbocycles. The van der Waals surface area contributed by atoms with Gasteiger partial charge < -0.3 is 19.1 Å². The Morgan fingerprint density at radius 1 is 1.07 bits per heavy atom. The third-order valence-electron chi connectivity index (χ3n) is 5.91. The van der Waals surface area contributed by atoms with Gasteiger partial charge in [-0.05, 0) is 55.9 Å². The summed E-state index contributed by atoms with van der Waals surface area (Å²) in [7, 11) is 1.70. The molecule has 2 heterocycles. The maximum atomic E-state index is 5.77. The molecule has 1 fully saturated rings. The molecule has 1 saturated heterocycles. The number of benzene rings is 2.